The van der Waals surface area contributed by atoms with E-state index in [1.54, 1.807) is 29.1 Å². The fraction of sp³-hybridized carbons (Fsp3) is 0. The SMILES string of the molecule is NC(=O)c1ccc(-n2cccn2)c(Br)c1. The zero-order valence-electron chi connectivity index (χ0n) is 7.72. The zero-order valence-corrected chi connectivity index (χ0v) is 9.31. The quantitative estimate of drug-likeness (QED) is 0.899. The highest BCUT2D eigenvalue weighted by molar-refractivity contribution is 9.10. The third kappa shape index (κ3) is 1.92. The van der Waals surface area contributed by atoms with E-state index >= 15 is 0 Å². The highest BCUT2D eigenvalue weighted by Gasteiger charge is 2.06. The Balaban J connectivity index is 2.48. The lowest BCUT2D eigenvalue weighted by molar-refractivity contribution is 0.100. The van der Waals surface area contributed by atoms with Gasteiger partial charge in [0.05, 0.1) is 5.69 Å². The fourth-order valence-electron chi connectivity index (χ4n) is 1.26. The molecule has 1 aromatic carbocycles. The van der Waals surface area contributed by atoms with Crippen LogP contribution in [0.4, 0.5) is 0 Å². The second-order valence-corrected chi connectivity index (χ2v) is 3.84. The number of nitrogens with zero attached hydrogens (tertiary/aromatic N) is 2. The van der Waals surface area contributed by atoms with Crippen LogP contribution in [0.5, 0.6) is 0 Å². The summed E-state index contributed by atoms with van der Waals surface area (Å²) < 4.78 is 2.48. The second kappa shape index (κ2) is 3.86. The molecule has 0 unspecified atom stereocenters. The molecule has 0 bridgehead atoms. The molecule has 76 valence electrons. The lowest BCUT2D eigenvalue weighted by atomic mass is 10.2. The van der Waals surface area contributed by atoms with E-state index in [0.717, 1.165) is 10.2 Å². The predicted molar refractivity (Wildman–Crippen MR) is 59.8 cm³/mol. The van der Waals surface area contributed by atoms with Crippen LogP contribution in [0.2, 0.25) is 0 Å². The molecule has 15 heavy (non-hydrogen) atoms. The molecule has 0 radical (unpaired) electrons. The number of amides is 1. The molecule has 0 aliphatic rings. The van der Waals surface area contributed by atoms with Crippen LogP contribution in [-0.4, -0.2) is 15.7 Å². The van der Waals surface area contributed by atoms with Gasteiger partial charge in [0.2, 0.25) is 5.91 Å². The number of primary amides is 1. The van der Waals surface area contributed by atoms with Crippen LogP contribution in [-0.2, 0) is 0 Å². The van der Waals surface area contributed by atoms with Crippen molar-refractivity contribution in [2.75, 3.05) is 0 Å². The molecule has 5 heteroatoms. The lowest BCUT2D eigenvalue weighted by Crippen LogP contribution is -2.11. The van der Waals surface area contributed by atoms with E-state index in [1.807, 2.05) is 12.3 Å². The smallest absolute Gasteiger partial charge is 0.248 e. The zero-order chi connectivity index (χ0) is 10.8. The topological polar surface area (TPSA) is 60.9 Å². The summed E-state index contributed by atoms with van der Waals surface area (Å²) in [5.41, 5.74) is 6.51. The number of carbonyl (C=O) groups excluding carboxylic acids is 1. The molecule has 4 nitrogen and oxygen atoms in total. The number of rotatable bonds is 2. The summed E-state index contributed by atoms with van der Waals surface area (Å²) in [4.78, 5) is 10.9. The Labute approximate surface area is 94.8 Å². The molecule has 1 heterocycles. The van der Waals surface area contributed by atoms with Crippen LogP contribution in [0, 0.1) is 0 Å². The maximum absolute atomic E-state index is 10.9. The van der Waals surface area contributed by atoms with Gasteiger partial charge in [-0.1, -0.05) is 0 Å². The van der Waals surface area contributed by atoms with E-state index in [0.29, 0.717) is 5.56 Å². The maximum Gasteiger partial charge on any atom is 0.248 e. The molecule has 0 aliphatic carbocycles. The molecule has 0 saturated heterocycles. The van der Waals surface area contributed by atoms with Crippen LogP contribution < -0.4 is 5.73 Å². The van der Waals surface area contributed by atoms with Crippen molar-refractivity contribution in [2.24, 2.45) is 5.73 Å². The van der Waals surface area contributed by atoms with Crippen LogP contribution in [0.15, 0.2) is 41.1 Å². The second-order valence-electron chi connectivity index (χ2n) is 2.98. The van der Waals surface area contributed by atoms with E-state index in [-0.39, 0.29) is 0 Å². The van der Waals surface area contributed by atoms with Gasteiger partial charge in [-0.2, -0.15) is 5.10 Å². The molecule has 1 aromatic heterocycles. The third-order valence-corrected chi connectivity index (χ3v) is 2.62. The molecule has 0 fully saturated rings. The Kier molecular flexibility index (Phi) is 2.55. The van der Waals surface area contributed by atoms with Crippen molar-refractivity contribution in [3.63, 3.8) is 0 Å². The first kappa shape index (κ1) is 9.92. The Morgan fingerprint density at radius 3 is 2.80 bits per heavy atom. The molecule has 2 N–H and O–H groups in total. The average Bonchev–Trinajstić information content (AvgIpc) is 2.70. The number of hydrogen-bond acceptors (Lipinski definition) is 2. The Morgan fingerprint density at radius 2 is 2.27 bits per heavy atom. The van der Waals surface area contributed by atoms with Gasteiger partial charge in [-0.25, -0.2) is 4.68 Å². The number of benzene rings is 1. The van der Waals surface area contributed by atoms with Crippen molar-refractivity contribution < 1.29 is 4.79 Å². The van der Waals surface area contributed by atoms with Crippen LogP contribution in [0.1, 0.15) is 10.4 Å². The van der Waals surface area contributed by atoms with E-state index < -0.39 is 5.91 Å². The molecule has 0 saturated carbocycles. The van der Waals surface area contributed by atoms with Gasteiger partial charge >= 0.3 is 0 Å². The molecule has 0 aliphatic heterocycles. The minimum atomic E-state index is -0.442. The van der Waals surface area contributed by atoms with Gasteiger partial charge in [0, 0.05) is 22.4 Å². The first-order valence-electron chi connectivity index (χ1n) is 4.28. The maximum atomic E-state index is 10.9. The first-order valence-corrected chi connectivity index (χ1v) is 5.07. The van der Waals surface area contributed by atoms with Crippen molar-refractivity contribution >= 4 is 21.8 Å². The highest BCUT2D eigenvalue weighted by Crippen LogP contribution is 2.21. The molecule has 2 aromatic rings. The van der Waals surface area contributed by atoms with Gasteiger partial charge in [0.1, 0.15) is 0 Å². The van der Waals surface area contributed by atoms with Crippen molar-refractivity contribution in [1.29, 1.82) is 0 Å². The monoisotopic (exact) mass is 265 g/mol. The van der Waals surface area contributed by atoms with Crippen molar-refractivity contribution in [3.8, 4) is 5.69 Å². The summed E-state index contributed by atoms with van der Waals surface area (Å²) in [7, 11) is 0. The highest BCUT2D eigenvalue weighted by atomic mass is 79.9. The minimum absolute atomic E-state index is 0.442. The number of halogens is 1. The van der Waals surface area contributed by atoms with Crippen molar-refractivity contribution in [3.05, 3.63) is 46.7 Å². The van der Waals surface area contributed by atoms with Crippen LogP contribution in [0.25, 0.3) is 5.69 Å². The summed E-state index contributed by atoms with van der Waals surface area (Å²) in [6.07, 6.45) is 3.51. The van der Waals surface area contributed by atoms with Gasteiger partial charge in [-0.15, -0.1) is 0 Å². The molecule has 0 atom stereocenters. The number of hydrogen-bond donors (Lipinski definition) is 1. The number of aromatic nitrogens is 2. The van der Waals surface area contributed by atoms with E-state index in [9.17, 15) is 4.79 Å². The lowest BCUT2D eigenvalue weighted by Gasteiger charge is -2.05. The molecule has 0 spiro atoms. The Bertz CT molecular complexity index is 493. The van der Waals surface area contributed by atoms with Crippen LogP contribution >= 0.6 is 15.9 Å². The standard InChI is InChI=1S/C10H8BrN3O/c11-8-6-7(10(12)15)2-3-9(8)14-5-1-4-13-14/h1-6H,(H2,12,15). The molecule has 2 rings (SSSR count). The van der Waals surface area contributed by atoms with Gasteiger partial charge < -0.3 is 5.73 Å². The number of carbonyl (C=O) groups is 1. The van der Waals surface area contributed by atoms with Crippen molar-refractivity contribution in [1.82, 2.24) is 9.78 Å². The molecule has 1 amide bonds. The summed E-state index contributed by atoms with van der Waals surface area (Å²) in [5, 5.41) is 4.09. The van der Waals surface area contributed by atoms with Gasteiger partial charge in [0.25, 0.3) is 0 Å². The van der Waals surface area contributed by atoms with Gasteiger partial charge in [-0.05, 0) is 40.2 Å². The summed E-state index contributed by atoms with van der Waals surface area (Å²) in [6, 6.07) is 6.97. The Morgan fingerprint density at radius 1 is 1.47 bits per heavy atom. The predicted octanol–water partition coefficient (Wildman–Crippen LogP) is 1.73. The normalized spacial score (nSPS) is 10.2. The first-order chi connectivity index (χ1) is 7.18. The Hall–Kier alpha value is -1.62. The third-order valence-electron chi connectivity index (χ3n) is 1.98. The fourth-order valence-corrected chi connectivity index (χ4v) is 1.82. The van der Waals surface area contributed by atoms with Crippen molar-refractivity contribution in [2.45, 2.75) is 0 Å². The largest absolute Gasteiger partial charge is 0.366 e. The van der Waals surface area contributed by atoms with Gasteiger partial charge in [0.15, 0.2) is 0 Å². The number of nitrogens with two attached hydrogens (primary N) is 1. The van der Waals surface area contributed by atoms with E-state index in [2.05, 4.69) is 21.0 Å². The average molecular weight is 266 g/mol. The molecular formula is C10H8BrN3O. The summed E-state index contributed by atoms with van der Waals surface area (Å²) in [5.74, 6) is -0.442. The van der Waals surface area contributed by atoms with Crippen LogP contribution in [0.3, 0.4) is 0 Å². The van der Waals surface area contributed by atoms with E-state index in [1.165, 1.54) is 0 Å². The minimum Gasteiger partial charge on any atom is -0.366 e. The van der Waals surface area contributed by atoms with Gasteiger partial charge in [-0.3, -0.25) is 4.79 Å². The summed E-state index contributed by atoms with van der Waals surface area (Å²) >= 11 is 3.37. The molecular weight excluding hydrogens is 258 g/mol. The summed E-state index contributed by atoms with van der Waals surface area (Å²) in [6.45, 7) is 0. The van der Waals surface area contributed by atoms with E-state index in [4.69, 9.17) is 5.73 Å².